The quantitative estimate of drug-likeness (QED) is 0.803. The van der Waals surface area contributed by atoms with Crippen molar-refractivity contribution in [2.24, 2.45) is 0 Å². The van der Waals surface area contributed by atoms with Crippen LogP contribution in [0.25, 0.3) is 0 Å². The minimum absolute atomic E-state index is 0.139. The number of amides is 1. The van der Waals surface area contributed by atoms with Crippen molar-refractivity contribution in [2.75, 3.05) is 20.8 Å². The van der Waals surface area contributed by atoms with Gasteiger partial charge in [-0.3, -0.25) is 9.69 Å². The molecule has 1 amide bonds. The summed E-state index contributed by atoms with van der Waals surface area (Å²) in [4.78, 5) is 26.7. The molecule has 2 rings (SSSR count). The average Bonchev–Trinajstić information content (AvgIpc) is 3.00. The van der Waals surface area contributed by atoms with Gasteiger partial charge >= 0.3 is 6.09 Å². The first-order valence-corrected chi connectivity index (χ1v) is 9.06. The van der Waals surface area contributed by atoms with E-state index in [0.29, 0.717) is 23.6 Å². The summed E-state index contributed by atoms with van der Waals surface area (Å²) in [5.74, 6) is 1.08. The third kappa shape index (κ3) is 5.04. The molecule has 0 aromatic heterocycles. The highest BCUT2D eigenvalue weighted by molar-refractivity contribution is 8.14. The lowest BCUT2D eigenvalue weighted by molar-refractivity contribution is 0.0278. The first-order chi connectivity index (χ1) is 11.7. The number of ether oxygens (including phenoxy) is 3. The zero-order valence-electron chi connectivity index (χ0n) is 15.3. The highest BCUT2D eigenvalue weighted by atomic mass is 32.2. The van der Waals surface area contributed by atoms with E-state index in [1.54, 1.807) is 30.2 Å². The van der Waals surface area contributed by atoms with Gasteiger partial charge in [-0.15, -0.1) is 0 Å². The Morgan fingerprint density at radius 1 is 1.20 bits per heavy atom. The van der Waals surface area contributed by atoms with Crippen LogP contribution in [0, 0.1) is 0 Å². The molecule has 0 saturated carbocycles. The van der Waals surface area contributed by atoms with Crippen LogP contribution in [-0.2, 0) is 4.74 Å². The molecule has 1 aliphatic heterocycles. The van der Waals surface area contributed by atoms with Gasteiger partial charge in [-0.05, 0) is 45.7 Å². The SMILES string of the molecule is COc1ccc(C(=O)S[C@@H]2CCCN2C(=O)OC(C)(C)C)c(OC)c1. The molecule has 0 spiro atoms. The number of thioether (sulfide) groups is 1. The normalized spacial score (nSPS) is 17.3. The van der Waals surface area contributed by atoms with E-state index in [0.717, 1.165) is 24.6 Å². The van der Waals surface area contributed by atoms with Crippen molar-refractivity contribution in [1.29, 1.82) is 0 Å². The molecule has 0 N–H and O–H groups in total. The van der Waals surface area contributed by atoms with Crippen LogP contribution >= 0.6 is 11.8 Å². The van der Waals surface area contributed by atoms with E-state index in [4.69, 9.17) is 14.2 Å². The number of rotatable bonds is 4. The van der Waals surface area contributed by atoms with Gasteiger partial charge in [-0.25, -0.2) is 4.79 Å². The number of likely N-dealkylation sites (tertiary alicyclic amines) is 1. The Kier molecular flexibility index (Phi) is 6.21. The molecule has 1 atom stereocenters. The van der Waals surface area contributed by atoms with Gasteiger partial charge in [0.15, 0.2) is 0 Å². The predicted octanol–water partition coefficient (Wildman–Crippen LogP) is 3.93. The first kappa shape index (κ1) is 19.4. The smallest absolute Gasteiger partial charge is 0.411 e. The molecule has 0 radical (unpaired) electrons. The summed E-state index contributed by atoms with van der Waals surface area (Å²) < 4.78 is 15.9. The fourth-order valence-electron chi connectivity index (χ4n) is 2.54. The van der Waals surface area contributed by atoms with Gasteiger partial charge < -0.3 is 14.2 Å². The van der Waals surface area contributed by atoms with Gasteiger partial charge in [0.2, 0.25) is 5.12 Å². The number of benzene rings is 1. The Bertz CT molecular complexity index is 641. The molecule has 1 heterocycles. The number of nitrogens with zero attached hydrogens (tertiary/aromatic N) is 1. The standard InChI is InChI=1S/C18H25NO5S/c1-18(2,3)24-17(21)19-10-6-7-15(19)25-16(20)13-9-8-12(22-4)11-14(13)23-5/h8-9,11,15H,6-7,10H2,1-5H3/t15-/m1/s1. The molecule has 1 aliphatic rings. The summed E-state index contributed by atoms with van der Waals surface area (Å²) in [7, 11) is 3.07. The Morgan fingerprint density at radius 3 is 2.52 bits per heavy atom. The number of methoxy groups -OCH3 is 2. The summed E-state index contributed by atoms with van der Waals surface area (Å²) >= 11 is 1.13. The second kappa shape index (κ2) is 7.99. The molecule has 1 saturated heterocycles. The Morgan fingerprint density at radius 2 is 1.92 bits per heavy atom. The number of hydrogen-bond acceptors (Lipinski definition) is 6. The topological polar surface area (TPSA) is 65.1 Å². The molecule has 138 valence electrons. The van der Waals surface area contributed by atoms with E-state index in [-0.39, 0.29) is 16.6 Å². The predicted molar refractivity (Wildman–Crippen MR) is 97.4 cm³/mol. The third-order valence-electron chi connectivity index (χ3n) is 3.70. The van der Waals surface area contributed by atoms with Gasteiger partial charge in [-0.1, -0.05) is 11.8 Å². The van der Waals surface area contributed by atoms with Crippen LogP contribution in [0.5, 0.6) is 11.5 Å². The molecule has 6 nitrogen and oxygen atoms in total. The highest BCUT2D eigenvalue weighted by Crippen LogP contribution is 2.34. The molecule has 0 bridgehead atoms. The molecule has 7 heteroatoms. The van der Waals surface area contributed by atoms with Crippen LogP contribution in [0.2, 0.25) is 0 Å². The second-order valence-corrected chi connectivity index (χ2v) is 7.89. The van der Waals surface area contributed by atoms with E-state index in [1.807, 2.05) is 20.8 Å². The Balaban J connectivity index is 2.10. The van der Waals surface area contributed by atoms with Crippen LogP contribution < -0.4 is 9.47 Å². The lowest BCUT2D eigenvalue weighted by Gasteiger charge is -2.28. The Labute approximate surface area is 152 Å². The number of carbonyl (C=O) groups is 2. The van der Waals surface area contributed by atoms with E-state index in [2.05, 4.69) is 0 Å². The zero-order valence-corrected chi connectivity index (χ0v) is 16.1. The van der Waals surface area contributed by atoms with E-state index in [1.165, 1.54) is 7.11 Å². The lowest BCUT2D eigenvalue weighted by atomic mass is 10.2. The average molecular weight is 367 g/mol. The van der Waals surface area contributed by atoms with E-state index in [9.17, 15) is 9.59 Å². The van der Waals surface area contributed by atoms with Crippen LogP contribution in [0.15, 0.2) is 18.2 Å². The van der Waals surface area contributed by atoms with Gasteiger partial charge in [-0.2, -0.15) is 0 Å². The minimum atomic E-state index is -0.557. The van der Waals surface area contributed by atoms with Crippen molar-refractivity contribution in [2.45, 2.75) is 44.6 Å². The van der Waals surface area contributed by atoms with Crippen LogP contribution in [0.4, 0.5) is 4.79 Å². The molecular formula is C18H25NO5S. The van der Waals surface area contributed by atoms with Crippen molar-refractivity contribution >= 4 is 23.0 Å². The molecule has 25 heavy (non-hydrogen) atoms. The van der Waals surface area contributed by atoms with Crippen LogP contribution in [0.3, 0.4) is 0 Å². The largest absolute Gasteiger partial charge is 0.497 e. The molecule has 1 aromatic rings. The first-order valence-electron chi connectivity index (χ1n) is 8.18. The summed E-state index contributed by atoms with van der Waals surface area (Å²) in [6, 6.07) is 5.07. The summed E-state index contributed by atoms with van der Waals surface area (Å²) in [6.07, 6.45) is 1.23. The van der Waals surface area contributed by atoms with E-state index >= 15 is 0 Å². The maximum absolute atomic E-state index is 12.7. The zero-order chi connectivity index (χ0) is 18.6. The third-order valence-corrected chi connectivity index (χ3v) is 4.89. The lowest BCUT2D eigenvalue weighted by Crippen LogP contribution is -2.39. The molecule has 0 unspecified atom stereocenters. The van der Waals surface area contributed by atoms with Crippen molar-refractivity contribution in [3.05, 3.63) is 23.8 Å². The van der Waals surface area contributed by atoms with Gasteiger partial charge in [0.25, 0.3) is 0 Å². The fraction of sp³-hybridized carbons (Fsp3) is 0.556. The van der Waals surface area contributed by atoms with Crippen LogP contribution in [-0.4, -0.2) is 47.8 Å². The number of carbonyl (C=O) groups excluding carboxylic acids is 2. The summed E-state index contributed by atoms with van der Waals surface area (Å²) in [5.41, 5.74) is -0.0951. The van der Waals surface area contributed by atoms with Crippen molar-refractivity contribution in [3.63, 3.8) is 0 Å². The van der Waals surface area contributed by atoms with Crippen LogP contribution in [0.1, 0.15) is 44.0 Å². The molecule has 0 aliphatic carbocycles. The van der Waals surface area contributed by atoms with Gasteiger partial charge in [0, 0.05) is 12.6 Å². The van der Waals surface area contributed by atoms with Gasteiger partial charge in [0.1, 0.15) is 17.1 Å². The second-order valence-electron chi connectivity index (χ2n) is 6.74. The van der Waals surface area contributed by atoms with Crippen molar-refractivity contribution in [3.8, 4) is 11.5 Å². The number of hydrogen-bond donors (Lipinski definition) is 0. The minimum Gasteiger partial charge on any atom is -0.497 e. The van der Waals surface area contributed by atoms with Crippen molar-refractivity contribution in [1.82, 2.24) is 4.90 Å². The van der Waals surface area contributed by atoms with Gasteiger partial charge in [0.05, 0.1) is 25.2 Å². The maximum atomic E-state index is 12.7. The summed E-state index contributed by atoms with van der Waals surface area (Å²) in [5, 5.41) is -0.367. The molecule has 1 aromatic carbocycles. The van der Waals surface area contributed by atoms with E-state index < -0.39 is 5.60 Å². The maximum Gasteiger partial charge on any atom is 0.411 e. The molecular weight excluding hydrogens is 342 g/mol. The Hall–Kier alpha value is -1.89. The summed E-state index contributed by atoms with van der Waals surface area (Å²) in [6.45, 7) is 6.09. The highest BCUT2D eigenvalue weighted by Gasteiger charge is 2.34. The fourth-order valence-corrected chi connectivity index (χ4v) is 3.69. The molecule has 1 fully saturated rings. The monoisotopic (exact) mass is 367 g/mol. The van der Waals surface area contributed by atoms with Crippen molar-refractivity contribution < 1.29 is 23.8 Å².